The van der Waals surface area contributed by atoms with Crippen LogP contribution in [0.25, 0.3) is 10.2 Å². The summed E-state index contributed by atoms with van der Waals surface area (Å²) in [6.07, 6.45) is 1.93. The molecule has 1 saturated heterocycles. The highest BCUT2D eigenvalue weighted by Gasteiger charge is 2.32. The average molecular weight is 368 g/mol. The maximum Gasteiger partial charge on any atom is 0.261 e. The zero-order valence-electron chi connectivity index (χ0n) is 14.6. The predicted octanol–water partition coefficient (Wildman–Crippen LogP) is 4.05. The van der Waals surface area contributed by atoms with Crippen LogP contribution >= 0.6 is 11.3 Å². The summed E-state index contributed by atoms with van der Waals surface area (Å²) in [7, 11) is 1.59. The first-order valence-electron chi connectivity index (χ1n) is 8.67. The quantitative estimate of drug-likeness (QED) is 0.682. The van der Waals surface area contributed by atoms with E-state index in [4.69, 9.17) is 14.5 Å². The van der Waals surface area contributed by atoms with Crippen molar-refractivity contribution in [2.75, 3.05) is 20.3 Å². The fraction of sp³-hybridized carbons (Fsp3) is 0.300. The Morgan fingerprint density at radius 3 is 2.77 bits per heavy atom. The van der Waals surface area contributed by atoms with Gasteiger partial charge in [0.25, 0.3) is 5.91 Å². The number of hydrogen-bond acceptors (Lipinski definition) is 5. The molecule has 4 rings (SSSR count). The third-order valence-electron chi connectivity index (χ3n) is 4.59. The third kappa shape index (κ3) is 3.24. The zero-order chi connectivity index (χ0) is 17.9. The number of carbonyl (C=O) groups is 1. The molecule has 1 aliphatic heterocycles. The number of amides is 1. The molecule has 0 radical (unpaired) electrons. The molecule has 0 bridgehead atoms. The minimum Gasteiger partial charge on any atom is -0.493 e. The number of fused-ring (bicyclic) bond motifs is 1. The van der Waals surface area contributed by atoms with Crippen molar-refractivity contribution in [2.45, 2.75) is 18.9 Å². The summed E-state index contributed by atoms with van der Waals surface area (Å²) in [5.41, 5.74) is 0.997. The van der Waals surface area contributed by atoms with E-state index in [0.29, 0.717) is 11.5 Å². The smallest absolute Gasteiger partial charge is 0.261 e. The average Bonchev–Trinajstić information content (AvgIpc) is 3.32. The Balaban J connectivity index is 1.48. The van der Waals surface area contributed by atoms with Crippen LogP contribution in [0.3, 0.4) is 0 Å². The number of ether oxygens (including phenoxy) is 2. The van der Waals surface area contributed by atoms with Crippen LogP contribution in [0.4, 0.5) is 0 Å². The Morgan fingerprint density at radius 2 is 1.96 bits per heavy atom. The fourth-order valence-electron chi connectivity index (χ4n) is 3.31. The number of hydrogen-bond donors (Lipinski definition) is 0. The van der Waals surface area contributed by atoms with Crippen LogP contribution in [0.1, 0.15) is 23.9 Å². The molecule has 3 aromatic rings. The Labute approximate surface area is 156 Å². The van der Waals surface area contributed by atoms with Crippen LogP contribution in [-0.2, 0) is 4.79 Å². The van der Waals surface area contributed by atoms with Crippen molar-refractivity contribution >= 4 is 27.5 Å². The molecule has 0 saturated carbocycles. The van der Waals surface area contributed by atoms with Gasteiger partial charge in [0, 0.05) is 6.54 Å². The molecular formula is C20H20N2O3S. The normalized spacial score (nSPS) is 16.8. The van der Waals surface area contributed by atoms with E-state index in [1.54, 1.807) is 24.5 Å². The summed E-state index contributed by atoms with van der Waals surface area (Å²) in [4.78, 5) is 19.4. The van der Waals surface area contributed by atoms with Crippen molar-refractivity contribution in [1.29, 1.82) is 0 Å². The van der Waals surface area contributed by atoms with Crippen molar-refractivity contribution in [3.05, 3.63) is 53.5 Å². The van der Waals surface area contributed by atoms with Crippen molar-refractivity contribution in [2.24, 2.45) is 0 Å². The molecule has 5 nitrogen and oxygen atoms in total. The van der Waals surface area contributed by atoms with Gasteiger partial charge >= 0.3 is 0 Å². The fourth-order valence-corrected chi connectivity index (χ4v) is 4.43. The van der Waals surface area contributed by atoms with E-state index in [1.165, 1.54) is 0 Å². The summed E-state index contributed by atoms with van der Waals surface area (Å²) in [5, 5.41) is 1.01. The van der Waals surface area contributed by atoms with Gasteiger partial charge in [-0.2, -0.15) is 0 Å². The van der Waals surface area contributed by atoms with Crippen LogP contribution in [0, 0.1) is 0 Å². The van der Waals surface area contributed by atoms with Crippen molar-refractivity contribution in [1.82, 2.24) is 9.88 Å². The Hall–Kier alpha value is -2.60. The molecule has 134 valence electrons. The van der Waals surface area contributed by atoms with Crippen LogP contribution < -0.4 is 9.47 Å². The number of nitrogens with zero attached hydrogens (tertiary/aromatic N) is 2. The molecule has 0 aliphatic carbocycles. The van der Waals surface area contributed by atoms with Gasteiger partial charge in [-0.3, -0.25) is 4.79 Å². The number of methoxy groups -OCH3 is 1. The van der Waals surface area contributed by atoms with Crippen molar-refractivity contribution < 1.29 is 14.3 Å². The number of aromatic nitrogens is 1. The second-order valence-electron chi connectivity index (χ2n) is 6.20. The maximum absolute atomic E-state index is 12.8. The van der Waals surface area contributed by atoms with E-state index < -0.39 is 0 Å². The van der Waals surface area contributed by atoms with Crippen molar-refractivity contribution in [3.63, 3.8) is 0 Å². The van der Waals surface area contributed by atoms with Gasteiger partial charge in [0.2, 0.25) is 0 Å². The molecule has 1 atom stereocenters. The van der Waals surface area contributed by atoms with E-state index in [0.717, 1.165) is 34.6 Å². The van der Waals surface area contributed by atoms with Gasteiger partial charge in [0.15, 0.2) is 18.1 Å². The van der Waals surface area contributed by atoms with Gasteiger partial charge in [-0.15, -0.1) is 11.3 Å². The lowest BCUT2D eigenvalue weighted by molar-refractivity contribution is -0.134. The standard InChI is InChI=1S/C20H20N2O3S/c1-24-16-9-3-4-10-17(16)25-13-19(23)22-12-6-8-15(22)20-21-14-7-2-5-11-18(14)26-20/h2-5,7,9-11,15H,6,8,12-13H2,1H3/t15-/m0/s1. The molecule has 0 unspecified atom stereocenters. The summed E-state index contributed by atoms with van der Waals surface area (Å²) >= 11 is 1.67. The number of benzene rings is 2. The molecule has 1 aromatic heterocycles. The molecule has 26 heavy (non-hydrogen) atoms. The summed E-state index contributed by atoms with van der Waals surface area (Å²) < 4.78 is 12.1. The first-order chi connectivity index (χ1) is 12.8. The first kappa shape index (κ1) is 16.8. The van der Waals surface area contributed by atoms with Gasteiger partial charge < -0.3 is 14.4 Å². The lowest BCUT2D eigenvalue weighted by Crippen LogP contribution is -2.34. The summed E-state index contributed by atoms with van der Waals surface area (Å²) in [5.74, 6) is 1.20. The zero-order valence-corrected chi connectivity index (χ0v) is 15.4. The van der Waals surface area contributed by atoms with E-state index in [2.05, 4.69) is 6.07 Å². The summed E-state index contributed by atoms with van der Waals surface area (Å²) in [6, 6.07) is 15.5. The van der Waals surface area contributed by atoms with Crippen LogP contribution in [0.2, 0.25) is 0 Å². The number of rotatable bonds is 5. The first-order valence-corrected chi connectivity index (χ1v) is 9.48. The number of para-hydroxylation sites is 3. The highest BCUT2D eigenvalue weighted by Crippen LogP contribution is 2.36. The molecule has 2 heterocycles. The lowest BCUT2D eigenvalue weighted by Gasteiger charge is -2.23. The Bertz CT molecular complexity index is 891. The molecular weight excluding hydrogens is 348 g/mol. The lowest BCUT2D eigenvalue weighted by atomic mass is 10.2. The molecule has 1 aliphatic rings. The number of carbonyl (C=O) groups excluding carboxylic acids is 1. The second kappa shape index (κ2) is 7.33. The van der Waals surface area contributed by atoms with Gasteiger partial charge in [-0.05, 0) is 37.1 Å². The summed E-state index contributed by atoms with van der Waals surface area (Å²) in [6.45, 7) is 0.747. The van der Waals surface area contributed by atoms with Crippen molar-refractivity contribution in [3.8, 4) is 11.5 Å². The van der Waals surface area contributed by atoms with Gasteiger partial charge in [0.05, 0.1) is 23.4 Å². The molecule has 0 N–H and O–H groups in total. The van der Waals surface area contributed by atoms with E-state index in [9.17, 15) is 4.79 Å². The van der Waals surface area contributed by atoms with Gasteiger partial charge in [-0.25, -0.2) is 4.98 Å². The Morgan fingerprint density at radius 1 is 1.19 bits per heavy atom. The molecule has 1 fully saturated rings. The minimum absolute atomic E-state index is 0.00175. The largest absolute Gasteiger partial charge is 0.493 e. The maximum atomic E-state index is 12.8. The number of likely N-dealkylation sites (tertiary alicyclic amines) is 1. The van der Waals surface area contributed by atoms with E-state index >= 15 is 0 Å². The minimum atomic E-state index is -0.0161. The predicted molar refractivity (Wildman–Crippen MR) is 102 cm³/mol. The second-order valence-corrected chi connectivity index (χ2v) is 7.27. The molecule has 1 amide bonds. The monoisotopic (exact) mass is 368 g/mol. The molecule has 6 heteroatoms. The van der Waals surface area contributed by atoms with Crippen LogP contribution in [-0.4, -0.2) is 36.1 Å². The van der Waals surface area contributed by atoms with Gasteiger partial charge in [-0.1, -0.05) is 24.3 Å². The Kier molecular flexibility index (Phi) is 4.75. The topological polar surface area (TPSA) is 51.7 Å². The van der Waals surface area contributed by atoms with E-state index in [-0.39, 0.29) is 18.6 Å². The van der Waals surface area contributed by atoms with E-state index in [1.807, 2.05) is 41.3 Å². The molecule has 0 spiro atoms. The number of thiazole rings is 1. The highest BCUT2D eigenvalue weighted by atomic mass is 32.1. The SMILES string of the molecule is COc1ccccc1OCC(=O)N1CCC[C@H]1c1nc2ccccc2s1. The highest BCUT2D eigenvalue weighted by molar-refractivity contribution is 7.18. The van der Waals surface area contributed by atoms with Crippen LogP contribution in [0.15, 0.2) is 48.5 Å². The van der Waals surface area contributed by atoms with Crippen LogP contribution in [0.5, 0.6) is 11.5 Å². The molecule has 2 aromatic carbocycles. The third-order valence-corrected chi connectivity index (χ3v) is 5.73. The van der Waals surface area contributed by atoms with Gasteiger partial charge in [0.1, 0.15) is 5.01 Å².